The van der Waals surface area contributed by atoms with Gasteiger partial charge in [-0.25, -0.2) is 0 Å². The van der Waals surface area contributed by atoms with Gasteiger partial charge in [0.05, 0.1) is 12.9 Å². The first-order valence-corrected chi connectivity index (χ1v) is 10.6. The Morgan fingerprint density at radius 2 is 1.57 bits per heavy atom. The molecule has 0 radical (unpaired) electrons. The average Bonchev–Trinajstić information content (AvgIpc) is 2.74. The molecule has 1 fully saturated rings. The first kappa shape index (κ1) is 22.1. The van der Waals surface area contributed by atoms with Crippen LogP contribution in [0.25, 0.3) is 0 Å². The van der Waals surface area contributed by atoms with Crippen LogP contribution in [0.5, 0.6) is 11.5 Å². The van der Waals surface area contributed by atoms with Crippen molar-refractivity contribution in [2.24, 2.45) is 0 Å². The molecule has 0 saturated carbocycles. The van der Waals surface area contributed by atoms with E-state index >= 15 is 0 Å². The molecule has 1 aliphatic heterocycles. The van der Waals surface area contributed by atoms with Gasteiger partial charge in [0.15, 0.2) is 0 Å². The lowest BCUT2D eigenvalue weighted by molar-refractivity contribution is -0.274. The summed E-state index contributed by atoms with van der Waals surface area (Å²) in [5.41, 5.74) is 1.95. The number of alkyl halides is 3. The highest BCUT2D eigenvalue weighted by molar-refractivity contribution is 7.99. The minimum Gasteiger partial charge on any atom is -0.497 e. The zero-order valence-electron chi connectivity index (χ0n) is 16.5. The van der Waals surface area contributed by atoms with E-state index < -0.39 is 6.36 Å². The van der Waals surface area contributed by atoms with Crippen molar-refractivity contribution in [2.45, 2.75) is 12.1 Å². The Kier molecular flexibility index (Phi) is 7.36. The van der Waals surface area contributed by atoms with Crippen molar-refractivity contribution in [2.75, 3.05) is 43.9 Å². The van der Waals surface area contributed by atoms with Gasteiger partial charge in [0.1, 0.15) is 11.5 Å². The molecule has 2 aromatic carbocycles. The molecule has 162 valence electrons. The maximum atomic E-state index is 12.5. The van der Waals surface area contributed by atoms with Gasteiger partial charge in [-0.15, -0.1) is 24.9 Å². The molecule has 2 aromatic rings. The Bertz CT molecular complexity index is 821. The summed E-state index contributed by atoms with van der Waals surface area (Å²) in [6, 6.07) is 13.6. The lowest BCUT2D eigenvalue weighted by Gasteiger charge is -2.36. The molecular formula is C21H23F3N2O3S. The molecule has 0 atom stereocenters. The van der Waals surface area contributed by atoms with E-state index in [1.807, 2.05) is 29.2 Å². The predicted molar refractivity (Wildman–Crippen MR) is 111 cm³/mol. The van der Waals surface area contributed by atoms with E-state index in [-0.39, 0.29) is 11.7 Å². The van der Waals surface area contributed by atoms with E-state index in [9.17, 15) is 18.0 Å². The van der Waals surface area contributed by atoms with Crippen LogP contribution >= 0.6 is 11.8 Å². The Balaban J connectivity index is 1.39. The number of piperazine rings is 1. The topological polar surface area (TPSA) is 42.0 Å². The summed E-state index contributed by atoms with van der Waals surface area (Å²) in [5, 5.41) is 0. The van der Waals surface area contributed by atoms with Crippen LogP contribution in [0.1, 0.15) is 5.56 Å². The zero-order valence-corrected chi connectivity index (χ0v) is 17.3. The van der Waals surface area contributed by atoms with Crippen LogP contribution in [0, 0.1) is 0 Å². The van der Waals surface area contributed by atoms with Crippen molar-refractivity contribution >= 4 is 23.4 Å². The summed E-state index contributed by atoms with van der Waals surface area (Å²) < 4.78 is 45.6. The molecule has 30 heavy (non-hydrogen) atoms. The van der Waals surface area contributed by atoms with Gasteiger partial charge in [0.25, 0.3) is 0 Å². The molecule has 0 bridgehead atoms. The van der Waals surface area contributed by atoms with Crippen molar-refractivity contribution in [1.29, 1.82) is 0 Å². The van der Waals surface area contributed by atoms with Gasteiger partial charge in [0, 0.05) is 37.6 Å². The van der Waals surface area contributed by atoms with Gasteiger partial charge < -0.3 is 19.3 Å². The van der Waals surface area contributed by atoms with Crippen LogP contribution in [0.2, 0.25) is 0 Å². The van der Waals surface area contributed by atoms with Crippen LogP contribution in [-0.2, 0) is 10.5 Å². The third kappa shape index (κ3) is 6.48. The minimum absolute atomic E-state index is 0.0754. The Morgan fingerprint density at radius 1 is 0.967 bits per heavy atom. The second kappa shape index (κ2) is 9.97. The number of halogens is 3. The minimum atomic E-state index is -4.69. The molecule has 1 heterocycles. The number of carbonyl (C=O) groups excluding carboxylic acids is 1. The molecule has 9 heteroatoms. The Morgan fingerprint density at radius 3 is 2.13 bits per heavy atom. The molecule has 0 aliphatic carbocycles. The molecule has 1 amide bonds. The molecule has 1 saturated heterocycles. The third-order valence-corrected chi connectivity index (χ3v) is 5.71. The number of anilines is 1. The number of benzene rings is 2. The van der Waals surface area contributed by atoms with Crippen molar-refractivity contribution in [3.63, 3.8) is 0 Å². The summed E-state index contributed by atoms with van der Waals surface area (Å²) in [4.78, 5) is 16.5. The van der Waals surface area contributed by atoms with E-state index in [2.05, 4.69) is 9.64 Å². The number of hydrogen-bond donors (Lipinski definition) is 0. The number of carbonyl (C=O) groups is 1. The number of ether oxygens (including phenoxy) is 2. The maximum absolute atomic E-state index is 12.5. The highest BCUT2D eigenvalue weighted by Crippen LogP contribution is 2.24. The van der Waals surface area contributed by atoms with E-state index in [0.29, 0.717) is 24.6 Å². The highest BCUT2D eigenvalue weighted by atomic mass is 32.2. The van der Waals surface area contributed by atoms with Crippen molar-refractivity contribution in [3.8, 4) is 11.5 Å². The molecule has 5 nitrogen and oxygen atoms in total. The fourth-order valence-corrected chi connectivity index (χ4v) is 4.03. The Hall–Kier alpha value is -2.55. The monoisotopic (exact) mass is 440 g/mol. The predicted octanol–water partition coefficient (Wildman–Crippen LogP) is 4.18. The molecule has 0 unspecified atom stereocenters. The van der Waals surface area contributed by atoms with Crippen molar-refractivity contribution < 1.29 is 27.4 Å². The summed E-state index contributed by atoms with van der Waals surface area (Å²) >= 11 is 1.45. The average molecular weight is 440 g/mol. The van der Waals surface area contributed by atoms with Crippen molar-refractivity contribution in [3.05, 3.63) is 54.1 Å². The second-order valence-electron chi connectivity index (χ2n) is 6.75. The number of nitrogens with zero attached hydrogens (tertiary/aromatic N) is 2. The number of hydrogen-bond acceptors (Lipinski definition) is 5. The lowest BCUT2D eigenvalue weighted by Crippen LogP contribution is -2.49. The number of thioether (sulfide) groups is 1. The normalized spacial score (nSPS) is 14.5. The number of rotatable bonds is 7. The summed E-state index contributed by atoms with van der Waals surface area (Å²) in [5.74, 6) is 1.52. The van der Waals surface area contributed by atoms with Crippen LogP contribution in [0.15, 0.2) is 48.5 Å². The smallest absolute Gasteiger partial charge is 0.497 e. The molecule has 0 spiro atoms. The molecule has 3 rings (SSSR count). The van der Waals surface area contributed by atoms with Gasteiger partial charge >= 0.3 is 6.36 Å². The van der Waals surface area contributed by atoms with Crippen LogP contribution < -0.4 is 14.4 Å². The maximum Gasteiger partial charge on any atom is 0.573 e. The van der Waals surface area contributed by atoms with Crippen LogP contribution in [-0.4, -0.2) is 56.2 Å². The van der Waals surface area contributed by atoms with E-state index in [0.717, 1.165) is 30.1 Å². The third-order valence-electron chi connectivity index (χ3n) is 4.72. The van der Waals surface area contributed by atoms with Crippen molar-refractivity contribution in [1.82, 2.24) is 4.90 Å². The summed E-state index contributed by atoms with van der Waals surface area (Å²) in [7, 11) is 1.63. The quantitative estimate of drug-likeness (QED) is 0.646. The molecular weight excluding hydrogens is 417 g/mol. The Labute approximate surface area is 177 Å². The van der Waals surface area contributed by atoms with Gasteiger partial charge in [-0.1, -0.05) is 12.1 Å². The standard InChI is InChI=1S/C21H23F3N2O3S/c1-28-18-8-4-17(5-9-18)25-10-12-26(13-11-25)20(27)15-30-14-16-2-6-19(7-3-16)29-21(22,23)24/h2-9H,10-15H2,1H3. The van der Waals surface area contributed by atoms with E-state index in [1.54, 1.807) is 19.2 Å². The molecule has 1 aliphatic rings. The lowest BCUT2D eigenvalue weighted by atomic mass is 10.2. The largest absolute Gasteiger partial charge is 0.573 e. The second-order valence-corrected chi connectivity index (χ2v) is 7.74. The number of amides is 1. The van der Waals surface area contributed by atoms with Gasteiger partial charge in [0.2, 0.25) is 5.91 Å². The first-order valence-electron chi connectivity index (χ1n) is 9.43. The molecule has 0 N–H and O–H groups in total. The summed E-state index contributed by atoms with van der Waals surface area (Å²) in [6.07, 6.45) is -4.69. The number of methoxy groups -OCH3 is 1. The fraction of sp³-hybridized carbons (Fsp3) is 0.381. The fourth-order valence-electron chi connectivity index (χ4n) is 3.14. The first-order chi connectivity index (χ1) is 14.3. The van der Waals surface area contributed by atoms with E-state index in [4.69, 9.17) is 4.74 Å². The molecule has 0 aromatic heterocycles. The van der Waals surface area contributed by atoms with Crippen LogP contribution in [0.3, 0.4) is 0 Å². The zero-order chi connectivity index (χ0) is 21.6. The van der Waals surface area contributed by atoms with Gasteiger partial charge in [-0.05, 0) is 42.0 Å². The van der Waals surface area contributed by atoms with E-state index in [1.165, 1.54) is 23.9 Å². The van der Waals surface area contributed by atoms with Crippen LogP contribution in [0.4, 0.5) is 18.9 Å². The SMILES string of the molecule is COc1ccc(N2CCN(C(=O)CSCc3ccc(OC(F)(F)F)cc3)CC2)cc1. The summed E-state index contributed by atoms with van der Waals surface area (Å²) in [6.45, 7) is 2.86. The van der Waals surface area contributed by atoms with Gasteiger partial charge in [-0.3, -0.25) is 4.79 Å². The van der Waals surface area contributed by atoms with Gasteiger partial charge in [-0.2, -0.15) is 0 Å². The highest BCUT2D eigenvalue weighted by Gasteiger charge is 2.31.